The van der Waals surface area contributed by atoms with Gasteiger partial charge in [0.15, 0.2) is 0 Å². The van der Waals surface area contributed by atoms with Gasteiger partial charge in [0.1, 0.15) is 5.75 Å². The van der Waals surface area contributed by atoms with Crippen molar-refractivity contribution in [1.29, 1.82) is 0 Å². The number of aryl methyl sites for hydroxylation is 1. The summed E-state index contributed by atoms with van der Waals surface area (Å²) >= 11 is 0. The van der Waals surface area contributed by atoms with E-state index in [9.17, 15) is 4.79 Å². The van der Waals surface area contributed by atoms with Gasteiger partial charge in [-0.2, -0.15) is 0 Å². The number of hydrogen-bond acceptors (Lipinski definition) is 4. The highest BCUT2D eigenvalue weighted by Crippen LogP contribution is 2.25. The number of nitrogens with zero attached hydrogens (tertiary/aromatic N) is 2. The highest BCUT2D eigenvalue weighted by Gasteiger charge is 2.20. The molecule has 1 fully saturated rings. The number of rotatable bonds is 6. The monoisotopic (exact) mass is 367 g/mol. The lowest BCUT2D eigenvalue weighted by atomic mass is 10.2. The Morgan fingerprint density at radius 1 is 1.07 bits per heavy atom. The molecule has 0 bridgehead atoms. The zero-order valence-corrected chi connectivity index (χ0v) is 16.4. The second-order valence-electron chi connectivity index (χ2n) is 7.31. The van der Waals surface area contributed by atoms with Crippen LogP contribution in [-0.4, -0.2) is 49.6 Å². The smallest absolute Gasteiger partial charge is 0.238 e. The Balaban J connectivity index is 1.51. The van der Waals surface area contributed by atoms with Crippen LogP contribution in [0.1, 0.15) is 19.4 Å². The lowest BCUT2D eigenvalue weighted by Gasteiger charge is -2.35. The molecule has 0 radical (unpaired) electrons. The number of benzene rings is 2. The molecule has 0 aliphatic carbocycles. The summed E-state index contributed by atoms with van der Waals surface area (Å²) < 4.78 is 5.77. The summed E-state index contributed by atoms with van der Waals surface area (Å²) in [4.78, 5) is 17.1. The molecule has 1 heterocycles. The Kier molecular flexibility index (Phi) is 6.35. The van der Waals surface area contributed by atoms with E-state index in [-0.39, 0.29) is 12.0 Å². The predicted octanol–water partition coefficient (Wildman–Crippen LogP) is 3.54. The van der Waals surface area contributed by atoms with E-state index in [2.05, 4.69) is 46.3 Å². The number of anilines is 2. The summed E-state index contributed by atoms with van der Waals surface area (Å²) in [7, 11) is 0. The van der Waals surface area contributed by atoms with Crippen LogP contribution >= 0.6 is 0 Å². The van der Waals surface area contributed by atoms with Crippen molar-refractivity contribution >= 4 is 17.3 Å². The summed E-state index contributed by atoms with van der Waals surface area (Å²) in [5, 5.41) is 2.99. The maximum absolute atomic E-state index is 12.5. The molecule has 5 heteroatoms. The summed E-state index contributed by atoms with van der Waals surface area (Å²) in [5.74, 6) is 0.712. The lowest BCUT2D eigenvalue weighted by molar-refractivity contribution is -0.117. The summed E-state index contributed by atoms with van der Waals surface area (Å²) in [6.45, 7) is 10.1. The third kappa shape index (κ3) is 5.47. The van der Waals surface area contributed by atoms with Crippen LogP contribution in [0.4, 0.5) is 11.4 Å². The average Bonchev–Trinajstić information content (AvgIpc) is 2.63. The van der Waals surface area contributed by atoms with Gasteiger partial charge in [-0.1, -0.05) is 24.3 Å². The van der Waals surface area contributed by atoms with Gasteiger partial charge in [0.2, 0.25) is 5.91 Å². The van der Waals surface area contributed by atoms with Crippen LogP contribution in [0, 0.1) is 6.92 Å². The molecular formula is C22H29N3O2. The molecule has 0 unspecified atom stereocenters. The number of hydrogen-bond donors (Lipinski definition) is 1. The molecule has 0 aromatic heterocycles. The van der Waals surface area contributed by atoms with Gasteiger partial charge in [-0.25, -0.2) is 0 Å². The maximum atomic E-state index is 12.5. The largest absolute Gasteiger partial charge is 0.489 e. The minimum Gasteiger partial charge on any atom is -0.489 e. The molecule has 1 amide bonds. The highest BCUT2D eigenvalue weighted by atomic mass is 16.5. The Hall–Kier alpha value is -2.53. The van der Waals surface area contributed by atoms with Crippen LogP contribution in [0.25, 0.3) is 0 Å². The molecule has 2 aromatic rings. The first-order valence-electron chi connectivity index (χ1n) is 9.61. The van der Waals surface area contributed by atoms with Crippen molar-refractivity contribution in [3.05, 3.63) is 54.1 Å². The molecule has 1 aliphatic heterocycles. The van der Waals surface area contributed by atoms with E-state index in [0.29, 0.717) is 12.3 Å². The molecule has 0 spiro atoms. The summed E-state index contributed by atoms with van der Waals surface area (Å²) in [6, 6.07) is 16.2. The quantitative estimate of drug-likeness (QED) is 0.848. The Bertz CT molecular complexity index is 768. The molecule has 27 heavy (non-hydrogen) atoms. The number of amides is 1. The molecule has 1 saturated heterocycles. The van der Waals surface area contributed by atoms with Crippen molar-refractivity contribution in [2.75, 3.05) is 42.9 Å². The van der Waals surface area contributed by atoms with Gasteiger partial charge in [0.05, 0.1) is 18.3 Å². The van der Waals surface area contributed by atoms with Crippen LogP contribution in [-0.2, 0) is 4.79 Å². The van der Waals surface area contributed by atoms with Gasteiger partial charge >= 0.3 is 0 Å². The average molecular weight is 367 g/mol. The first kappa shape index (κ1) is 19.2. The van der Waals surface area contributed by atoms with E-state index < -0.39 is 0 Å². The van der Waals surface area contributed by atoms with Gasteiger partial charge < -0.3 is 15.0 Å². The predicted molar refractivity (Wildman–Crippen MR) is 111 cm³/mol. The maximum Gasteiger partial charge on any atom is 0.238 e. The van der Waals surface area contributed by atoms with E-state index >= 15 is 0 Å². The second-order valence-corrected chi connectivity index (χ2v) is 7.31. The Morgan fingerprint density at radius 3 is 2.52 bits per heavy atom. The Morgan fingerprint density at radius 2 is 1.81 bits per heavy atom. The fourth-order valence-electron chi connectivity index (χ4n) is 3.31. The number of nitrogens with one attached hydrogen (secondary N) is 1. The Labute approximate surface area is 161 Å². The van der Waals surface area contributed by atoms with Crippen molar-refractivity contribution in [2.24, 2.45) is 0 Å². The van der Waals surface area contributed by atoms with Crippen molar-refractivity contribution in [3.8, 4) is 5.75 Å². The zero-order chi connectivity index (χ0) is 19.2. The number of ether oxygens (including phenoxy) is 1. The normalized spacial score (nSPS) is 15.0. The van der Waals surface area contributed by atoms with Gasteiger partial charge in [-0.3, -0.25) is 9.69 Å². The molecule has 0 atom stereocenters. The van der Waals surface area contributed by atoms with E-state index in [4.69, 9.17) is 4.74 Å². The van der Waals surface area contributed by atoms with Crippen LogP contribution in [0.2, 0.25) is 0 Å². The van der Waals surface area contributed by atoms with Gasteiger partial charge in [0, 0.05) is 31.9 Å². The number of carbonyl (C=O) groups excluding carboxylic acids is 1. The van der Waals surface area contributed by atoms with Crippen molar-refractivity contribution < 1.29 is 9.53 Å². The molecular weight excluding hydrogens is 338 g/mol. The van der Waals surface area contributed by atoms with E-state index in [1.54, 1.807) is 0 Å². The molecule has 3 rings (SSSR count). The highest BCUT2D eigenvalue weighted by molar-refractivity contribution is 5.93. The zero-order valence-electron chi connectivity index (χ0n) is 16.4. The molecule has 5 nitrogen and oxygen atoms in total. The van der Waals surface area contributed by atoms with E-state index in [1.165, 1.54) is 11.3 Å². The van der Waals surface area contributed by atoms with E-state index in [0.717, 1.165) is 31.9 Å². The SMILES string of the molecule is Cc1cccc(N2CCN(CC(=O)Nc3ccccc3OC(C)C)CC2)c1. The molecule has 0 saturated carbocycles. The molecule has 2 aromatic carbocycles. The standard InChI is InChI=1S/C22H29N3O2/c1-17(2)27-21-10-5-4-9-20(21)23-22(26)16-24-11-13-25(14-12-24)19-8-6-7-18(3)15-19/h4-10,15,17H,11-14,16H2,1-3H3,(H,23,26). The minimum atomic E-state index is -0.00110. The van der Waals surface area contributed by atoms with Crippen LogP contribution in [0.3, 0.4) is 0 Å². The topological polar surface area (TPSA) is 44.8 Å². The lowest BCUT2D eigenvalue weighted by Crippen LogP contribution is -2.48. The van der Waals surface area contributed by atoms with Gasteiger partial charge in [-0.15, -0.1) is 0 Å². The first-order chi connectivity index (χ1) is 13.0. The van der Waals surface area contributed by atoms with Crippen LogP contribution in [0.5, 0.6) is 5.75 Å². The first-order valence-corrected chi connectivity index (χ1v) is 9.61. The van der Waals surface area contributed by atoms with E-state index in [1.807, 2.05) is 38.1 Å². The third-order valence-corrected chi connectivity index (χ3v) is 4.63. The molecule has 1 N–H and O–H groups in total. The number of para-hydroxylation sites is 2. The van der Waals surface area contributed by atoms with Crippen molar-refractivity contribution in [3.63, 3.8) is 0 Å². The van der Waals surface area contributed by atoms with Crippen molar-refractivity contribution in [1.82, 2.24) is 4.90 Å². The fraction of sp³-hybridized carbons (Fsp3) is 0.409. The summed E-state index contributed by atoms with van der Waals surface area (Å²) in [5.41, 5.74) is 3.27. The van der Waals surface area contributed by atoms with Gasteiger partial charge in [-0.05, 0) is 50.6 Å². The second kappa shape index (κ2) is 8.91. The van der Waals surface area contributed by atoms with Gasteiger partial charge in [0.25, 0.3) is 0 Å². The minimum absolute atomic E-state index is 0.00110. The molecule has 1 aliphatic rings. The summed E-state index contributed by atoms with van der Waals surface area (Å²) in [6.07, 6.45) is 0.0674. The number of carbonyl (C=O) groups is 1. The van der Waals surface area contributed by atoms with Crippen molar-refractivity contribution in [2.45, 2.75) is 26.9 Å². The van der Waals surface area contributed by atoms with Crippen LogP contribution < -0.4 is 15.0 Å². The number of piperazine rings is 1. The van der Waals surface area contributed by atoms with Crippen LogP contribution in [0.15, 0.2) is 48.5 Å². The fourth-order valence-corrected chi connectivity index (χ4v) is 3.31. The molecule has 144 valence electrons. The third-order valence-electron chi connectivity index (χ3n) is 4.63.